The summed E-state index contributed by atoms with van der Waals surface area (Å²) in [4.78, 5) is 14.1. The molecule has 0 radical (unpaired) electrons. The number of thiazole rings is 1. The van der Waals surface area contributed by atoms with Crippen molar-refractivity contribution in [2.75, 3.05) is 5.32 Å². The first-order valence-corrected chi connectivity index (χ1v) is 5.50. The first kappa shape index (κ1) is 10.6. The minimum atomic E-state index is -0.405. The lowest BCUT2D eigenvalue weighted by atomic mass is 10.2. The van der Waals surface area contributed by atoms with Crippen LogP contribution in [0.5, 0.6) is 0 Å². The second-order valence-corrected chi connectivity index (χ2v) is 4.01. The van der Waals surface area contributed by atoms with Crippen LogP contribution in [0.3, 0.4) is 0 Å². The van der Waals surface area contributed by atoms with Gasteiger partial charge >= 0.3 is 0 Å². The van der Waals surface area contributed by atoms with Crippen LogP contribution in [0.4, 0.5) is 10.8 Å². The normalized spacial score (nSPS) is 10.0. The summed E-state index contributed by atoms with van der Waals surface area (Å²) >= 11 is 1.52. The van der Waals surface area contributed by atoms with Crippen molar-refractivity contribution in [3.63, 3.8) is 0 Å². The molecule has 0 aliphatic carbocycles. The zero-order valence-corrected chi connectivity index (χ0v) is 9.11. The molecule has 0 spiro atoms. The van der Waals surface area contributed by atoms with Gasteiger partial charge in [0.1, 0.15) is 0 Å². The van der Waals surface area contributed by atoms with E-state index in [1.54, 1.807) is 18.3 Å². The Bertz CT molecular complexity index is 467. The van der Waals surface area contributed by atoms with Gasteiger partial charge in [0.2, 0.25) is 0 Å². The molecule has 1 aromatic carbocycles. The molecule has 1 heterocycles. The summed E-state index contributed by atoms with van der Waals surface area (Å²) in [7, 11) is 0. The number of rotatable bonds is 4. The van der Waals surface area contributed by atoms with Crippen molar-refractivity contribution in [3.8, 4) is 0 Å². The molecular weight excluding hydrogens is 226 g/mol. The van der Waals surface area contributed by atoms with Crippen molar-refractivity contribution in [3.05, 3.63) is 51.5 Å². The molecule has 0 aliphatic rings. The fourth-order valence-corrected chi connectivity index (χ4v) is 1.75. The van der Waals surface area contributed by atoms with E-state index in [0.29, 0.717) is 6.54 Å². The molecule has 1 N–H and O–H groups in total. The van der Waals surface area contributed by atoms with Gasteiger partial charge in [-0.3, -0.25) is 10.1 Å². The number of nitro groups is 1. The van der Waals surface area contributed by atoms with Crippen LogP contribution in [0, 0.1) is 10.1 Å². The number of benzene rings is 1. The highest BCUT2D eigenvalue weighted by Gasteiger charge is 2.03. The van der Waals surface area contributed by atoms with Crippen LogP contribution in [-0.4, -0.2) is 9.91 Å². The fraction of sp³-hybridized carbons (Fsp3) is 0.100. The predicted molar refractivity (Wildman–Crippen MR) is 62.5 cm³/mol. The standard InChI is InChI=1S/C10H9N3O2S/c14-13(15)9-3-1-8(2-4-9)7-12-10-11-5-6-16-10/h1-6H,7H2,(H,11,12). The van der Waals surface area contributed by atoms with Gasteiger partial charge < -0.3 is 5.32 Å². The third-order valence-corrected chi connectivity index (χ3v) is 2.75. The molecular formula is C10H9N3O2S. The largest absolute Gasteiger partial charge is 0.357 e. The van der Waals surface area contributed by atoms with Gasteiger partial charge in [-0.2, -0.15) is 0 Å². The summed E-state index contributed by atoms with van der Waals surface area (Å²) in [5, 5.41) is 16.3. The van der Waals surface area contributed by atoms with Gasteiger partial charge in [-0.1, -0.05) is 12.1 Å². The fourth-order valence-electron chi connectivity index (χ4n) is 1.22. The summed E-state index contributed by atoms with van der Waals surface area (Å²) in [5.41, 5.74) is 1.10. The summed E-state index contributed by atoms with van der Waals surface area (Å²) in [6.07, 6.45) is 1.73. The van der Waals surface area contributed by atoms with E-state index in [9.17, 15) is 10.1 Å². The van der Waals surface area contributed by atoms with E-state index in [-0.39, 0.29) is 5.69 Å². The smallest absolute Gasteiger partial charge is 0.269 e. The van der Waals surface area contributed by atoms with Gasteiger partial charge in [0.05, 0.1) is 4.92 Å². The Hall–Kier alpha value is -1.95. The summed E-state index contributed by atoms with van der Waals surface area (Å²) < 4.78 is 0. The third-order valence-electron chi connectivity index (χ3n) is 2.02. The Labute approximate surface area is 95.9 Å². The average molecular weight is 235 g/mol. The molecule has 16 heavy (non-hydrogen) atoms. The molecule has 6 heteroatoms. The molecule has 0 saturated carbocycles. The first-order valence-electron chi connectivity index (χ1n) is 4.62. The molecule has 0 amide bonds. The molecule has 2 rings (SSSR count). The second-order valence-electron chi connectivity index (χ2n) is 3.11. The number of hydrogen-bond donors (Lipinski definition) is 1. The highest BCUT2D eigenvalue weighted by atomic mass is 32.1. The van der Waals surface area contributed by atoms with Gasteiger partial charge in [0, 0.05) is 30.3 Å². The van der Waals surface area contributed by atoms with Crippen molar-refractivity contribution in [2.24, 2.45) is 0 Å². The van der Waals surface area contributed by atoms with E-state index in [4.69, 9.17) is 0 Å². The van der Waals surface area contributed by atoms with Crippen molar-refractivity contribution in [1.82, 2.24) is 4.98 Å². The lowest BCUT2D eigenvalue weighted by molar-refractivity contribution is -0.384. The number of non-ortho nitro benzene ring substituents is 1. The van der Waals surface area contributed by atoms with Crippen LogP contribution in [0.15, 0.2) is 35.8 Å². The molecule has 0 fully saturated rings. The maximum atomic E-state index is 10.4. The van der Waals surface area contributed by atoms with Crippen LogP contribution in [0.25, 0.3) is 0 Å². The molecule has 2 aromatic rings. The van der Waals surface area contributed by atoms with Crippen LogP contribution in [0.1, 0.15) is 5.56 Å². The zero-order chi connectivity index (χ0) is 11.4. The maximum Gasteiger partial charge on any atom is 0.269 e. The first-order chi connectivity index (χ1) is 7.75. The molecule has 0 bridgehead atoms. The third kappa shape index (κ3) is 2.54. The molecule has 5 nitrogen and oxygen atoms in total. The Kier molecular flexibility index (Phi) is 3.11. The minimum Gasteiger partial charge on any atom is -0.357 e. The molecule has 1 aromatic heterocycles. The van der Waals surface area contributed by atoms with E-state index in [1.807, 2.05) is 5.38 Å². The Morgan fingerprint density at radius 2 is 2.12 bits per heavy atom. The van der Waals surface area contributed by atoms with Crippen molar-refractivity contribution in [2.45, 2.75) is 6.54 Å². The van der Waals surface area contributed by atoms with E-state index in [0.717, 1.165) is 10.7 Å². The van der Waals surface area contributed by atoms with E-state index in [2.05, 4.69) is 10.3 Å². The van der Waals surface area contributed by atoms with Gasteiger partial charge in [-0.05, 0) is 5.56 Å². The van der Waals surface area contributed by atoms with Gasteiger partial charge in [0.25, 0.3) is 5.69 Å². The van der Waals surface area contributed by atoms with E-state index >= 15 is 0 Å². The van der Waals surface area contributed by atoms with Crippen LogP contribution < -0.4 is 5.32 Å². The second kappa shape index (κ2) is 4.71. The number of hydrogen-bond acceptors (Lipinski definition) is 5. The number of nitro benzene ring substituents is 1. The summed E-state index contributed by atoms with van der Waals surface area (Å²) in [5.74, 6) is 0. The van der Waals surface area contributed by atoms with E-state index in [1.165, 1.54) is 23.5 Å². The highest BCUT2D eigenvalue weighted by molar-refractivity contribution is 7.13. The lowest BCUT2D eigenvalue weighted by Crippen LogP contribution is -1.98. The Morgan fingerprint density at radius 1 is 1.38 bits per heavy atom. The van der Waals surface area contributed by atoms with E-state index < -0.39 is 4.92 Å². The number of anilines is 1. The highest BCUT2D eigenvalue weighted by Crippen LogP contribution is 2.15. The van der Waals surface area contributed by atoms with Crippen LogP contribution >= 0.6 is 11.3 Å². The van der Waals surface area contributed by atoms with Crippen molar-refractivity contribution in [1.29, 1.82) is 0 Å². The number of aromatic nitrogens is 1. The zero-order valence-electron chi connectivity index (χ0n) is 8.29. The molecule has 0 atom stereocenters. The quantitative estimate of drug-likeness (QED) is 0.653. The summed E-state index contributed by atoms with van der Waals surface area (Å²) in [6.45, 7) is 0.617. The Balaban J connectivity index is 1.98. The van der Waals surface area contributed by atoms with Gasteiger partial charge in [-0.15, -0.1) is 11.3 Å². The van der Waals surface area contributed by atoms with Gasteiger partial charge in [-0.25, -0.2) is 4.98 Å². The van der Waals surface area contributed by atoms with Crippen LogP contribution in [-0.2, 0) is 6.54 Å². The molecule has 0 aliphatic heterocycles. The average Bonchev–Trinajstić information content (AvgIpc) is 2.80. The monoisotopic (exact) mass is 235 g/mol. The number of nitrogens with zero attached hydrogens (tertiary/aromatic N) is 2. The SMILES string of the molecule is O=[N+]([O-])c1ccc(CNc2nccs2)cc1. The maximum absolute atomic E-state index is 10.4. The number of nitrogens with one attached hydrogen (secondary N) is 1. The van der Waals surface area contributed by atoms with Crippen molar-refractivity contribution >= 4 is 22.2 Å². The molecule has 82 valence electrons. The predicted octanol–water partition coefficient (Wildman–Crippen LogP) is 2.66. The Morgan fingerprint density at radius 3 is 2.69 bits per heavy atom. The topological polar surface area (TPSA) is 68.1 Å². The minimum absolute atomic E-state index is 0.109. The molecule has 0 unspecified atom stereocenters. The van der Waals surface area contributed by atoms with Crippen molar-refractivity contribution < 1.29 is 4.92 Å². The lowest BCUT2D eigenvalue weighted by Gasteiger charge is -2.02. The van der Waals surface area contributed by atoms with Gasteiger partial charge in [0.15, 0.2) is 5.13 Å². The van der Waals surface area contributed by atoms with Crippen LogP contribution in [0.2, 0.25) is 0 Å². The molecule has 0 saturated heterocycles. The summed E-state index contributed by atoms with van der Waals surface area (Å²) in [6, 6.07) is 6.47.